The Morgan fingerprint density at radius 3 is 2.65 bits per heavy atom. The van der Waals surface area contributed by atoms with Gasteiger partial charge in [-0.2, -0.15) is 9.49 Å². The first kappa shape index (κ1) is 20.5. The highest BCUT2D eigenvalue weighted by atomic mass is 35.5. The molecule has 0 atom stereocenters. The number of aromatic nitrogens is 4. The second-order valence-electron chi connectivity index (χ2n) is 6.60. The van der Waals surface area contributed by atoms with Crippen molar-refractivity contribution in [1.82, 2.24) is 19.7 Å². The van der Waals surface area contributed by atoms with Gasteiger partial charge in [0.15, 0.2) is 0 Å². The number of pyridine rings is 2. The lowest BCUT2D eigenvalue weighted by molar-refractivity contribution is 0.0698. The Hall–Kier alpha value is -3.78. The molecule has 0 radical (unpaired) electrons. The fourth-order valence-electron chi connectivity index (χ4n) is 3.28. The molecule has 1 aromatic carbocycles. The average Bonchev–Trinajstić information content (AvgIpc) is 3.14. The van der Waals surface area contributed by atoms with Crippen molar-refractivity contribution in [2.45, 2.75) is 13.3 Å². The summed E-state index contributed by atoms with van der Waals surface area (Å²) in [6.45, 7) is 1.91. The number of benzene rings is 1. The number of carboxylic acids is 1. The van der Waals surface area contributed by atoms with E-state index in [0.29, 0.717) is 39.9 Å². The Morgan fingerprint density at radius 1 is 1.19 bits per heavy atom. The van der Waals surface area contributed by atoms with Crippen LogP contribution in [0.25, 0.3) is 16.8 Å². The predicted molar refractivity (Wildman–Crippen MR) is 116 cm³/mol. The third-order valence-electron chi connectivity index (χ3n) is 4.69. The number of hydrogen-bond donors (Lipinski definition) is 2. The fraction of sp³-hybridized carbons (Fsp3) is 0.0909. The number of anilines is 2. The van der Waals surface area contributed by atoms with Crippen LogP contribution in [-0.4, -0.2) is 30.8 Å². The van der Waals surface area contributed by atoms with Crippen LogP contribution >= 0.6 is 11.6 Å². The van der Waals surface area contributed by atoms with Gasteiger partial charge in [-0.05, 0) is 48.9 Å². The number of aromatic carboxylic acids is 1. The first-order valence-corrected chi connectivity index (χ1v) is 9.80. The lowest BCUT2D eigenvalue weighted by atomic mass is 10.0. The number of rotatable bonds is 6. The molecule has 0 unspecified atom stereocenters. The van der Waals surface area contributed by atoms with E-state index in [1.807, 2.05) is 6.92 Å². The summed E-state index contributed by atoms with van der Waals surface area (Å²) in [6, 6.07) is 11.2. The summed E-state index contributed by atoms with van der Waals surface area (Å²) in [5.74, 6) is -1.39. The van der Waals surface area contributed by atoms with Crippen molar-refractivity contribution in [2.75, 3.05) is 5.32 Å². The molecule has 0 saturated carbocycles. The molecule has 7 nitrogen and oxygen atoms in total. The molecule has 4 rings (SSSR count). The van der Waals surface area contributed by atoms with Gasteiger partial charge in [0.2, 0.25) is 5.95 Å². The molecular formula is C22H17ClFN5O2. The minimum Gasteiger partial charge on any atom is -0.478 e. The highest BCUT2D eigenvalue weighted by Gasteiger charge is 2.24. The van der Waals surface area contributed by atoms with Crippen LogP contribution in [0, 0.1) is 5.95 Å². The van der Waals surface area contributed by atoms with E-state index in [2.05, 4.69) is 20.4 Å². The Labute approximate surface area is 182 Å². The summed E-state index contributed by atoms with van der Waals surface area (Å²) in [5.41, 5.74) is 2.32. The lowest BCUT2D eigenvalue weighted by Crippen LogP contribution is -2.07. The Morgan fingerprint density at radius 2 is 1.97 bits per heavy atom. The highest BCUT2D eigenvalue weighted by Crippen LogP contribution is 2.37. The lowest BCUT2D eigenvalue weighted by Gasteiger charge is -2.14. The molecule has 0 spiro atoms. The summed E-state index contributed by atoms with van der Waals surface area (Å²) in [7, 11) is 0. The number of nitrogens with zero attached hydrogens (tertiary/aromatic N) is 4. The van der Waals surface area contributed by atoms with Crippen LogP contribution in [0.2, 0.25) is 5.02 Å². The molecule has 31 heavy (non-hydrogen) atoms. The van der Waals surface area contributed by atoms with E-state index >= 15 is 0 Å². The first-order chi connectivity index (χ1) is 15.0. The van der Waals surface area contributed by atoms with Crippen molar-refractivity contribution in [3.63, 3.8) is 0 Å². The van der Waals surface area contributed by atoms with Crippen molar-refractivity contribution in [3.8, 4) is 16.8 Å². The third kappa shape index (κ3) is 3.97. The van der Waals surface area contributed by atoms with Crippen LogP contribution in [0.5, 0.6) is 0 Å². The number of nitrogens with one attached hydrogen (secondary N) is 1. The molecule has 2 N–H and O–H groups in total. The smallest absolute Gasteiger partial charge is 0.337 e. The summed E-state index contributed by atoms with van der Waals surface area (Å²) >= 11 is 5.99. The number of hydrogen-bond acceptors (Lipinski definition) is 5. The number of carboxylic acid groups (broad SMARTS) is 1. The minimum absolute atomic E-state index is 0.0226. The molecule has 0 saturated heterocycles. The van der Waals surface area contributed by atoms with Gasteiger partial charge in [-0.1, -0.05) is 18.5 Å². The molecule has 3 aromatic heterocycles. The number of aryl methyl sites for hydroxylation is 1. The molecule has 0 aliphatic carbocycles. The predicted octanol–water partition coefficient (Wildman–Crippen LogP) is 5.13. The van der Waals surface area contributed by atoms with Gasteiger partial charge < -0.3 is 10.4 Å². The Bertz CT molecular complexity index is 1260. The van der Waals surface area contributed by atoms with Gasteiger partial charge >= 0.3 is 5.97 Å². The monoisotopic (exact) mass is 437 g/mol. The van der Waals surface area contributed by atoms with Crippen molar-refractivity contribution in [1.29, 1.82) is 0 Å². The standard InChI is InChI=1S/C22H17ClFN5O2/c1-2-17-19(15-4-3-9-26-20(15)24)21(29(28-17)14-7-10-25-11-8-14)27-18-6-5-13(23)12-16(18)22(30)31/h3-12,27H,2H2,1H3,(H,30,31). The maximum atomic E-state index is 14.7. The third-order valence-corrected chi connectivity index (χ3v) is 4.93. The van der Waals surface area contributed by atoms with Gasteiger partial charge in [-0.3, -0.25) is 4.98 Å². The van der Waals surface area contributed by atoms with Gasteiger partial charge in [0, 0.05) is 29.2 Å². The van der Waals surface area contributed by atoms with E-state index in [1.165, 1.54) is 12.3 Å². The van der Waals surface area contributed by atoms with Crippen LogP contribution in [0.1, 0.15) is 23.0 Å². The van der Waals surface area contributed by atoms with Crippen molar-refractivity contribution < 1.29 is 14.3 Å². The van der Waals surface area contributed by atoms with E-state index in [9.17, 15) is 14.3 Å². The molecule has 3 heterocycles. The molecule has 0 aliphatic rings. The molecule has 0 bridgehead atoms. The topological polar surface area (TPSA) is 92.9 Å². The van der Waals surface area contributed by atoms with Crippen LogP contribution in [0.4, 0.5) is 15.9 Å². The SMILES string of the molecule is CCc1nn(-c2ccncc2)c(Nc2ccc(Cl)cc2C(=O)O)c1-c1cccnc1F. The van der Waals surface area contributed by atoms with E-state index in [4.69, 9.17) is 11.6 Å². The van der Waals surface area contributed by atoms with E-state index in [-0.39, 0.29) is 11.1 Å². The molecular weight excluding hydrogens is 421 g/mol. The number of carbonyl (C=O) groups is 1. The summed E-state index contributed by atoms with van der Waals surface area (Å²) in [4.78, 5) is 19.6. The summed E-state index contributed by atoms with van der Waals surface area (Å²) in [6.07, 6.45) is 5.11. The first-order valence-electron chi connectivity index (χ1n) is 9.42. The average molecular weight is 438 g/mol. The van der Waals surface area contributed by atoms with Crippen LogP contribution in [-0.2, 0) is 6.42 Å². The van der Waals surface area contributed by atoms with Crippen molar-refractivity contribution >= 4 is 29.1 Å². The van der Waals surface area contributed by atoms with E-state index in [1.54, 1.807) is 53.5 Å². The normalized spacial score (nSPS) is 10.8. The number of halogens is 2. The fourth-order valence-corrected chi connectivity index (χ4v) is 3.46. The molecule has 156 valence electrons. The second-order valence-corrected chi connectivity index (χ2v) is 7.04. The van der Waals surface area contributed by atoms with E-state index in [0.717, 1.165) is 0 Å². The molecule has 9 heteroatoms. The van der Waals surface area contributed by atoms with Gasteiger partial charge in [0.05, 0.1) is 28.2 Å². The zero-order chi connectivity index (χ0) is 22.0. The maximum absolute atomic E-state index is 14.7. The van der Waals surface area contributed by atoms with Gasteiger partial charge in [0.1, 0.15) is 5.82 Å². The van der Waals surface area contributed by atoms with Gasteiger partial charge in [-0.15, -0.1) is 0 Å². The van der Waals surface area contributed by atoms with Crippen molar-refractivity contribution in [3.05, 3.63) is 83.3 Å². The van der Waals surface area contributed by atoms with Gasteiger partial charge in [0.25, 0.3) is 0 Å². The summed E-state index contributed by atoms with van der Waals surface area (Å²) in [5, 5.41) is 17.7. The zero-order valence-electron chi connectivity index (χ0n) is 16.4. The van der Waals surface area contributed by atoms with Crippen LogP contribution in [0.3, 0.4) is 0 Å². The molecule has 4 aromatic rings. The quantitative estimate of drug-likeness (QED) is 0.406. The maximum Gasteiger partial charge on any atom is 0.337 e. The molecule has 0 aliphatic heterocycles. The largest absolute Gasteiger partial charge is 0.478 e. The second kappa shape index (κ2) is 8.53. The molecule has 0 fully saturated rings. The molecule has 0 amide bonds. The Balaban J connectivity index is 1.99. The minimum atomic E-state index is -1.15. The van der Waals surface area contributed by atoms with Crippen LogP contribution in [0.15, 0.2) is 61.1 Å². The van der Waals surface area contributed by atoms with Gasteiger partial charge in [-0.25, -0.2) is 14.5 Å². The van der Waals surface area contributed by atoms with Crippen molar-refractivity contribution in [2.24, 2.45) is 0 Å². The van der Waals surface area contributed by atoms with Crippen LogP contribution < -0.4 is 5.32 Å². The zero-order valence-corrected chi connectivity index (χ0v) is 17.1. The summed E-state index contributed by atoms with van der Waals surface area (Å²) < 4.78 is 16.3. The van der Waals surface area contributed by atoms with E-state index < -0.39 is 11.9 Å². The highest BCUT2D eigenvalue weighted by molar-refractivity contribution is 6.31. The Kier molecular flexibility index (Phi) is 5.64.